The zero-order chi connectivity index (χ0) is 15.1. The molecule has 1 aliphatic rings. The first-order valence-corrected chi connectivity index (χ1v) is 7.66. The first-order valence-electron chi connectivity index (χ1n) is 7.21. The van der Waals surface area contributed by atoms with Crippen molar-refractivity contribution in [1.82, 2.24) is 14.5 Å². The molecule has 2 aromatic heterocycles. The lowest BCUT2D eigenvalue weighted by molar-refractivity contribution is 0.628. The van der Waals surface area contributed by atoms with Gasteiger partial charge < -0.3 is 4.57 Å². The lowest BCUT2D eigenvalue weighted by atomic mass is 10.1. The summed E-state index contributed by atoms with van der Waals surface area (Å²) in [6.07, 6.45) is 5.83. The summed E-state index contributed by atoms with van der Waals surface area (Å²) in [5, 5.41) is 0.702. The summed E-state index contributed by atoms with van der Waals surface area (Å²) >= 11 is 4.55. The van der Waals surface area contributed by atoms with E-state index in [9.17, 15) is 4.39 Å². The highest BCUT2D eigenvalue weighted by Gasteiger charge is 2.30. The number of pyridine rings is 1. The Balaban J connectivity index is 1.95. The minimum absolute atomic E-state index is 0.248. The van der Waals surface area contributed by atoms with Crippen molar-refractivity contribution in [1.29, 1.82) is 0 Å². The second-order valence-corrected chi connectivity index (χ2v) is 5.85. The molecule has 1 aromatic carbocycles. The van der Waals surface area contributed by atoms with Crippen LogP contribution in [-0.4, -0.2) is 14.5 Å². The summed E-state index contributed by atoms with van der Waals surface area (Å²) in [5.41, 5.74) is 3.81. The number of nitrogens with zero attached hydrogens (tertiary/aromatic N) is 3. The highest BCUT2D eigenvalue weighted by Crippen LogP contribution is 2.44. The number of aromatic nitrogens is 3. The molecule has 22 heavy (non-hydrogen) atoms. The van der Waals surface area contributed by atoms with Crippen molar-refractivity contribution < 1.29 is 4.39 Å². The van der Waals surface area contributed by atoms with Gasteiger partial charge in [0.2, 0.25) is 0 Å². The van der Waals surface area contributed by atoms with Gasteiger partial charge in [-0.25, -0.2) is 9.37 Å². The fourth-order valence-corrected chi connectivity index (χ4v) is 3.06. The van der Waals surface area contributed by atoms with Gasteiger partial charge in [-0.1, -0.05) is 0 Å². The van der Waals surface area contributed by atoms with Crippen LogP contribution in [-0.2, 0) is 0 Å². The second-order valence-electron chi connectivity index (χ2n) is 5.45. The molecule has 110 valence electrons. The van der Waals surface area contributed by atoms with E-state index in [1.807, 2.05) is 12.1 Å². The average Bonchev–Trinajstić information content (AvgIpc) is 3.32. The van der Waals surface area contributed by atoms with Crippen LogP contribution in [0.3, 0.4) is 0 Å². The number of hydrogen-bond donors (Lipinski definition) is 1. The van der Waals surface area contributed by atoms with Crippen LogP contribution in [0.25, 0.3) is 22.5 Å². The molecule has 0 unspecified atom stereocenters. The first-order chi connectivity index (χ1) is 10.7. The zero-order valence-electron chi connectivity index (χ0n) is 11.8. The van der Waals surface area contributed by atoms with Crippen molar-refractivity contribution in [2.24, 2.45) is 0 Å². The minimum atomic E-state index is -0.248. The molecule has 0 aliphatic heterocycles. The van der Waals surface area contributed by atoms with Crippen LogP contribution in [0, 0.1) is 5.82 Å². The smallest absolute Gasteiger partial charge is 0.166 e. The van der Waals surface area contributed by atoms with E-state index in [2.05, 4.69) is 27.2 Å². The predicted octanol–water partition coefficient (Wildman–Crippen LogP) is 4.37. The van der Waals surface area contributed by atoms with Crippen molar-refractivity contribution in [3.05, 3.63) is 54.6 Å². The Bertz CT molecular complexity index is 808. The maximum absolute atomic E-state index is 13.2. The van der Waals surface area contributed by atoms with E-state index in [-0.39, 0.29) is 5.82 Å². The Morgan fingerprint density at radius 3 is 2.32 bits per heavy atom. The Hall–Kier alpha value is -2.14. The molecule has 0 bridgehead atoms. The van der Waals surface area contributed by atoms with Crippen molar-refractivity contribution in [3.8, 4) is 22.5 Å². The van der Waals surface area contributed by atoms with Crippen molar-refractivity contribution in [2.75, 3.05) is 0 Å². The van der Waals surface area contributed by atoms with E-state index in [4.69, 9.17) is 0 Å². The maximum Gasteiger partial charge on any atom is 0.166 e. The second kappa shape index (κ2) is 5.25. The highest BCUT2D eigenvalue weighted by atomic mass is 32.1. The molecular weight excluding hydrogens is 297 g/mol. The Morgan fingerprint density at radius 2 is 1.68 bits per heavy atom. The molecule has 0 spiro atoms. The average molecular weight is 311 g/mol. The minimum Gasteiger partial charge on any atom is -0.316 e. The fraction of sp³-hybridized carbons (Fsp3) is 0.176. The lowest BCUT2D eigenvalue weighted by Gasteiger charge is -2.10. The van der Waals surface area contributed by atoms with Crippen LogP contribution in [0.4, 0.5) is 4.39 Å². The van der Waals surface area contributed by atoms with Gasteiger partial charge in [0.15, 0.2) is 5.16 Å². The lowest BCUT2D eigenvalue weighted by Crippen LogP contribution is -1.98. The van der Waals surface area contributed by atoms with Crippen molar-refractivity contribution in [3.63, 3.8) is 0 Å². The Labute approximate surface area is 133 Å². The third kappa shape index (κ3) is 2.31. The molecule has 3 aromatic rings. The van der Waals surface area contributed by atoms with Crippen LogP contribution in [0.15, 0.2) is 53.9 Å². The standard InChI is InChI=1S/C17H14FN3S/c18-13-3-1-11(2-4-13)15-16(12-7-9-19-10-8-12)21(14-5-6-14)17(22)20-15/h1-4,7-10,14H,5-6H2,(H,20,22). The number of rotatable bonds is 3. The molecule has 0 radical (unpaired) electrons. The number of hydrogen-bond acceptors (Lipinski definition) is 3. The molecule has 1 fully saturated rings. The van der Waals surface area contributed by atoms with Gasteiger partial charge in [-0.2, -0.15) is 0 Å². The quantitative estimate of drug-likeness (QED) is 0.728. The molecule has 0 amide bonds. The molecule has 3 nitrogen and oxygen atoms in total. The van der Waals surface area contributed by atoms with Gasteiger partial charge in [0, 0.05) is 29.6 Å². The zero-order valence-corrected chi connectivity index (χ0v) is 12.7. The van der Waals surface area contributed by atoms with E-state index < -0.39 is 0 Å². The SMILES string of the molecule is Fc1ccc(-c2nc(S)n(C3CC3)c2-c2ccncc2)cc1. The summed E-state index contributed by atoms with van der Waals surface area (Å²) in [6.45, 7) is 0. The van der Waals surface area contributed by atoms with Crippen LogP contribution in [0.1, 0.15) is 18.9 Å². The van der Waals surface area contributed by atoms with E-state index in [0.29, 0.717) is 11.2 Å². The third-order valence-electron chi connectivity index (χ3n) is 3.88. The monoisotopic (exact) mass is 311 g/mol. The van der Waals surface area contributed by atoms with E-state index in [0.717, 1.165) is 35.4 Å². The number of halogens is 1. The van der Waals surface area contributed by atoms with Gasteiger partial charge in [-0.05, 0) is 49.2 Å². The molecule has 0 atom stereocenters. The van der Waals surface area contributed by atoms with Gasteiger partial charge >= 0.3 is 0 Å². The summed E-state index contributed by atoms with van der Waals surface area (Å²) in [6, 6.07) is 10.8. The highest BCUT2D eigenvalue weighted by molar-refractivity contribution is 7.80. The summed E-state index contributed by atoms with van der Waals surface area (Å²) in [7, 11) is 0. The van der Waals surface area contributed by atoms with E-state index >= 15 is 0 Å². The molecule has 0 saturated heterocycles. The summed E-state index contributed by atoms with van der Waals surface area (Å²) in [5.74, 6) is -0.248. The van der Waals surface area contributed by atoms with Gasteiger partial charge in [0.1, 0.15) is 5.82 Å². The van der Waals surface area contributed by atoms with Gasteiger partial charge in [0.25, 0.3) is 0 Å². The van der Waals surface area contributed by atoms with E-state index in [1.165, 1.54) is 12.1 Å². The van der Waals surface area contributed by atoms with Crippen LogP contribution in [0.2, 0.25) is 0 Å². The van der Waals surface area contributed by atoms with Gasteiger partial charge in [-0.3, -0.25) is 4.98 Å². The normalized spacial score (nSPS) is 14.3. The molecule has 0 N–H and O–H groups in total. The molecule has 1 saturated carbocycles. The van der Waals surface area contributed by atoms with Crippen molar-refractivity contribution in [2.45, 2.75) is 24.0 Å². The van der Waals surface area contributed by atoms with Gasteiger partial charge in [-0.15, -0.1) is 12.6 Å². The van der Waals surface area contributed by atoms with Crippen molar-refractivity contribution >= 4 is 12.6 Å². The first kappa shape index (κ1) is 13.5. The maximum atomic E-state index is 13.2. The predicted molar refractivity (Wildman–Crippen MR) is 86.4 cm³/mol. The summed E-state index contributed by atoms with van der Waals surface area (Å²) in [4.78, 5) is 8.72. The van der Waals surface area contributed by atoms with Crippen LogP contribution < -0.4 is 0 Å². The number of thiol groups is 1. The largest absolute Gasteiger partial charge is 0.316 e. The van der Waals surface area contributed by atoms with E-state index in [1.54, 1.807) is 24.5 Å². The topological polar surface area (TPSA) is 30.7 Å². The van der Waals surface area contributed by atoms with Crippen LogP contribution in [0.5, 0.6) is 0 Å². The number of benzene rings is 1. The van der Waals surface area contributed by atoms with Gasteiger partial charge in [0.05, 0.1) is 11.4 Å². The molecule has 4 rings (SSSR count). The fourth-order valence-electron chi connectivity index (χ4n) is 2.69. The molecule has 1 aliphatic carbocycles. The molecular formula is C17H14FN3S. The van der Waals surface area contributed by atoms with Crippen LogP contribution >= 0.6 is 12.6 Å². The number of imidazole rings is 1. The summed E-state index contributed by atoms with van der Waals surface area (Å²) < 4.78 is 15.4. The Kier molecular flexibility index (Phi) is 3.22. The molecule has 5 heteroatoms. The molecule has 2 heterocycles. The third-order valence-corrected chi connectivity index (χ3v) is 4.19. The Morgan fingerprint density at radius 1 is 1.00 bits per heavy atom.